The lowest BCUT2D eigenvalue weighted by molar-refractivity contribution is 0.0979. The fourth-order valence-electron chi connectivity index (χ4n) is 1.81. The van der Waals surface area contributed by atoms with Crippen molar-refractivity contribution in [3.63, 3.8) is 0 Å². The van der Waals surface area contributed by atoms with Crippen LogP contribution in [0.5, 0.6) is 0 Å². The van der Waals surface area contributed by atoms with Gasteiger partial charge in [0.2, 0.25) is 0 Å². The summed E-state index contributed by atoms with van der Waals surface area (Å²) in [5.74, 6) is 2.72. The van der Waals surface area contributed by atoms with E-state index >= 15 is 0 Å². The van der Waals surface area contributed by atoms with Crippen molar-refractivity contribution in [1.29, 1.82) is 0 Å². The van der Waals surface area contributed by atoms with Crippen LogP contribution in [-0.2, 0) is 0 Å². The number of thioether (sulfide) groups is 2. The monoisotopic (exact) mass is 252 g/mol. The van der Waals surface area contributed by atoms with Gasteiger partial charge in [-0.25, -0.2) is 0 Å². The zero-order valence-electron chi connectivity index (χ0n) is 9.44. The first-order valence-corrected chi connectivity index (χ1v) is 7.53. The fraction of sp³-hybridized carbons (Fsp3) is 0.462. The molecular weight excluding hydrogens is 236 g/mol. The van der Waals surface area contributed by atoms with Gasteiger partial charge < -0.3 is 0 Å². The molecule has 0 aliphatic carbocycles. The second-order valence-corrected chi connectivity index (χ2v) is 7.57. The normalized spacial score (nSPS) is 18.6. The number of hydrogen-bond acceptors (Lipinski definition) is 3. The Labute approximate surface area is 105 Å². The molecule has 1 aliphatic rings. The van der Waals surface area contributed by atoms with Gasteiger partial charge >= 0.3 is 0 Å². The molecule has 1 nitrogen and oxygen atoms in total. The van der Waals surface area contributed by atoms with Crippen LogP contribution in [0.2, 0.25) is 0 Å². The third-order valence-electron chi connectivity index (χ3n) is 2.80. The Morgan fingerprint density at radius 1 is 1.25 bits per heavy atom. The minimum Gasteiger partial charge on any atom is -0.294 e. The third kappa shape index (κ3) is 3.05. The Morgan fingerprint density at radius 2 is 1.88 bits per heavy atom. The van der Waals surface area contributed by atoms with Gasteiger partial charge in [0.15, 0.2) is 5.78 Å². The van der Waals surface area contributed by atoms with Gasteiger partial charge in [-0.2, -0.15) is 0 Å². The van der Waals surface area contributed by atoms with Gasteiger partial charge in [-0.1, -0.05) is 30.3 Å². The molecule has 1 aromatic rings. The number of rotatable bonds is 4. The van der Waals surface area contributed by atoms with Gasteiger partial charge in [0.05, 0.1) is 4.08 Å². The first-order valence-electron chi connectivity index (χ1n) is 5.56. The molecule has 3 heteroatoms. The average molecular weight is 252 g/mol. The van der Waals surface area contributed by atoms with Crippen molar-refractivity contribution in [2.45, 2.75) is 23.8 Å². The molecule has 1 fully saturated rings. The van der Waals surface area contributed by atoms with Crippen LogP contribution < -0.4 is 0 Å². The smallest absolute Gasteiger partial charge is 0.162 e. The number of ketones is 1. The van der Waals surface area contributed by atoms with Crippen molar-refractivity contribution in [2.24, 2.45) is 0 Å². The molecule has 0 aromatic heterocycles. The van der Waals surface area contributed by atoms with E-state index in [0.717, 1.165) is 12.0 Å². The van der Waals surface area contributed by atoms with E-state index in [-0.39, 0.29) is 9.86 Å². The molecule has 0 N–H and O–H groups in total. The van der Waals surface area contributed by atoms with Crippen LogP contribution in [0.1, 0.15) is 30.1 Å². The summed E-state index contributed by atoms with van der Waals surface area (Å²) in [5.41, 5.74) is 0.846. The Balaban J connectivity index is 1.89. The molecule has 0 radical (unpaired) electrons. The van der Waals surface area contributed by atoms with Gasteiger partial charge in [-0.3, -0.25) is 4.79 Å². The summed E-state index contributed by atoms with van der Waals surface area (Å²) >= 11 is 3.99. The number of benzene rings is 1. The number of carbonyl (C=O) groups excluding carboxylic acids is 1. The molecule has 86 valence electrons. The van der Waals surface area contributed by atoms with Gasteiger partial charge in [0.25, 0.3) is 0 Å². The first kappa shape index (κ1) is 12.1. The van der Waals surface area contributed by atoms with E-state index in [0.29, 0.717) is 6.42 Å². The lowest BCUT2D eigenvalue weighted by Crippen LogP contribution is -2.13. The van der Waals surface area contributed by atoms with E-state index in [9.17, 15) is 4.79 Å². The predicted molar refractivity (Wildman–Crippen MR) is 73.3 cm³/mol. The largest absolute Gasteiger partial charge is 0.294 e. The van der Waals surface area contributed by atoms with Crippen LogP contribution in [0.15, 0.2) is 30.3 Å². The van der Waals surface area contributed by atoms with Crippen LogP contribution in [0.4, 0.5) is 0 Å². The summed E-state index contributed by atoms with van der Waals surface area (Å²) < 4.78 is 0.268. The molecule has 0 amide bonds. The highest BCUT2D eigenvalue weighted by Crippen LogP contribution is 2.46. The van der Waals surface area contributed by atoms with Gasteiger partial charge in [0.1, 0.15) is 0 Å². The van der Waals surface area contributed by atoms with E-state index in [2.05, 4.69) is 6.92 Å². The lowest BCUT2D eigenvalue weighted by Gasteiger charge is -2.20. The maximum Gasteiger partial charge on any atom is 0.162 e. The first-order chi connectivity index (χ1) is 7.70. The molecule has 2 rings (SSSR count). The highest BCUT2D eigenvalue weighted by molar-refractivity contribution is 8.21. The summed E-state index contributed by atoms with van der Waals surface area (Å²) in [4.78, 5) is 11.9. The van der Waals surface area contributed by atoms with E-state index in [1.807, 2.05) is 53.9 Å². The molecule has 1 aromatic carbocycles. The summed E-state index contributed by atoms with van der Waals surface area (Å²) in [5, 5.41) is 0. The van der Waals surface area contributed by atoms with Crippen molar-refractivity contribution in [3.8, 4) is 0 Å². The molecule has 0 bridgehead atoms. The van der Waals surface area contributed by atoms with Crippen LogP contribution in [0.3, 0.4) is 0 Å². The summed E-state index contributed by atoms with van der Waals surface area (Å²) in [6.45, 7) is 2.26. The Morgan fingerprint density at radius 3 is 2.50 bits per heavy atom. The quantitative estimate of drug-likeness (QED) is 0.758. The van der Waals surface area contributed by atoms with E-state index in [1.165, 1.54) is 11.5 Å². The topological polar surface area (TPSA) is 17.1 Å². The summed E-state index contributed by atoms with van der Waals surface area (Å²) in [6.07, 6.45) is 1.65. The number of Topliss-reactive ketones (excluding diaryl/α,β-unsaturated/α-hetero) is 1. The van der Waals surface area contributed by atoms with E-state index in [4.69, 9.17) is 0 Å². The molecule has 0 saturated carbocycles. The molecule has 1 saturated heterocycles. The molecule has 1 heterocycles. The SMILES string of the molecule is CC1(CCC(=O)c2ccccc2)SCCS1. The van der Waals surface area contributed by atoms with Crippen LogP contribution in [0, 0.1) is 0 Å². The Bertz CT molecular complexity index is 355. The van der Waals surface area contributed by atoms with Crippen molar-refractivity contribution in [3.05, 3.63) is 35.9 Å². The maximum atomic E-state index is 11.9. The minimum absolute atomic E-state index is 0.268. The van der Waals surface area contributed by atoms with Gasteiger partial charge in [-0.05, 0) is 13.3 Å². The Kier molecular flexibility index (Phi) is 3.98. The number of carbonyl (C=O) groups is 1. The summed E-state index contributed by atoms with van der Waals surface area (Å²) in [6, 6.07) is 9.60. The molecular formula is C13H16OS2. The van der Waals surface area contributed by atoms with Crippen LogP contribution in [-0.4, -0.2) is 21.4 Å². The standard InChI is InChI=1S/C13H16OS2/c1-13(15-9-10-16-13)8-7-12(14)11-5-3-2-4-6-11/h2-6H,7-10H2,1H3. The highest BCUT2D eigenvalue weighted by atomic mass is 32.2. The Hall–Kier alpha value is -0.410. The van der Waals surface area contributed by atoms with Crippen molar-refractivity contribution in [1.82, 2.24) is 0 Å². The maximum absolute atomic E-state index is 11.9. The minimum atomic E-state index is 0.268. The molecule has 1 aliphatic heterocycles. The number of hydrogen-bond donors (Lipinski definition) is 0. The molecule has 0 spiro atoms. The van der Waals surface area contributed by atoms with Crippen molar-refractivity contribution >= 4 is 29.3 Å². The third-order valence-corrected chi connectivity index (χ3v) is 6.21. The second-order valence-electron chi connectivity index (χ2n) is 4.12. The summed E-state index contributed by atoms with van der Waals surface area (Å²) in [7, 11) is 0. The zero-order chi connectivity index (χ0) is 11.4. The van der Waals surface area contributed by atoms with E-state index < -0.39 is 0 Å². The van der Waals surface area contributed by atoms with Crippen LogP contribution >= 0.6 is 23.5 Å². The van der Waals surface area contributed by atoms with E-state index in [1.54, 1.807) is 0 Å². The molecule has 16 heavy (non-hydrogen) atoms. The average Bonchev–Trinajstić information content (AvgIpc) is 2.75. The van der Waals surface area contributed by atoms with Crippen molar-refractivity contribution < 1.29 is 4.79 Å². The molecule has 0 atom stereocenters. The zero-order valence-corrected chi connectivity index (χ0v) is 11.1. The van der Waals surface area contributed by atoms with Gasteiger partial charge in [-0.15, -0.1) is 23.5 Å². The highest BCUT2D eigenvalue weighted by Gasteiger charge is 2.30. The van der Waals surface area contributed by atoms with Crippen molar-refractivity contribution in [2.75, 3.05) is 11.5 Å². The van der Waals surface area contributed by atoms with Gasteiger partial charge in [0, 0.05) is 23.5 Å². The molecule has 0 unspecified atom stereocenters. The lowest BCUT2D eigenvalue weighted by atomic mass is 10.1. The predicted octanol–water partition coefficient (Wildman–Crippen LogP) is 3.85. The van der Waals surface area contributed by atoms with Crippen LogP contribution in [0.25, 0.3) is 0 Å². The second kappa shape index (κ2) is 5.28. The fourth-order valence-corrected chi connectivity index (χ4v) is 4.67.